The maximum Gasteiger partial charge on any atom is 0.151 e. The van der Waals surface area contributed by atoms with E-state index in [4.69, 9.17) is 4.74 Å². The van der Waals surface area contributed by atoms with Crippen LogP contribution < -0.4 is 0 Å². The average Bonchev–Trinajstić information content (AvgIpc) is 2.94. The van der Waals surface area contributed by atoms with E-state index in [1.165, 1.54) is 6.92 Å². The fraction of sp³-hybridized carbons (Fsp3) is 0.909. The molecule has 1 aliphatic heterocycles. The summed E-state index contributed by atoms with van der Waals surface area (Å²) in [6, 6.07) is 0. The van der Waals surface area contributed by atoms with Crippen LogP contribution in [-0.2, 0) is 9.53 Å². The number of rotatable bonds is 6. The van der Waals surface area contributed by atoms with Crippen LogP contribution >= 0.6 is 0 Å². The van der Waals surface area contributed by atoms with Crippen LogP contribution in [0.5, 0.6) is 0 Å². The SMILES string of the molecule is CC[C@H](O)[C@@H](C)[C@H]1O[C@@H]1C[C@@](C)(O)C=O. The topological polar surface area (TPSA) is 70.1 Å². The molecule has 4 heteroatoms. The van der Waals surface area contributed by atoms with Crippen molar-refractivity contribution in [3.05, 3.63) is 0 Å². The van der Waals surface area contributed by atoms with E-state index in [1.807, 2.05) is 13.8 Å². The van der Waals surface area contributed by atoms with E-state index in [9.17, 15) is 15.0 Å². The molecule has 1 fully saturated rings. The number of hydrogen-bond donors (Lipinski definition) is 2. The second-order valence-electron chi connectivity index (χ2n) is 4.65. The highest BCUT2D eigenvalue weighted by Gasteiger charge is 2.47. The van der Waals surface area contributed by atoms with Crippen LogP contribution in [0.1, 0.15) is 33.6 Å². The smallest absolute Gasteiger partial charge is 0.151 e. The molecule has 0 radical (unpaired) electrons. The molecule has 1 heterocycles. The number of epoxide rings is 1. The minimum Gasteiger partial charge on any atom is -0.393 e. The van der Waals surface area contributed by atoms with Gasteiger partial charge in [-0.1, -0.05) is 13.8 Å². The van der Waals surface area contributed by atoms with Crippen molar-refractivity contribution in [2.75, 3.05) is 0 Å². The van der Waals surface area contributed by atoms with Crippen molar-refractivity contribution < 1.29 is 19.7 Å². The van der Waals surface area contributed by atoms with E-state index in [1.54, 1.807) is 0 Å². The van der Waals surface area contributed by atoms with Gasteiger partial charge in [-0.05, 0) is 13.3 Å². The normalized spacial score (nSPS) is 32.9. The van der Waals surface area contributed by atoms with Gasteiger partial charge >= 0.3 is 0 Å². The highest BCUT2D eigenvalue weighted by atomic mass is 16.6. The number of hydrogen-bond acceptors (Lipinski definition) is 4. The Bertz CT molecular complexity index is 227. The van der Waals surface area contributed by atoms with Crippen LogP contribution in [0.3, 0.4) is 0 Å². The summed E-state index contributed by atoms with van der Waals surface area (Å²) in [5.74, 6) is 0.0578. The first kappa shape index (κ1) is 12.6. The summed E-state index contributed by atoms with van der Waals surface area (Å²) in [7, 11) is 0. The lowest BCUT2D eigenvalue weighted by Gasteiger charge is -2.16. The third kappa shape index (κ3) is 3.26. The van der Waals surface area contributed by atoms with Crippen LogP contribution in [0.2, 0.25) is 0 Å². The van der Waals surface area contributed by atoms with Gasteiger partial charge in [0, 0.05) is 12.3 Å². The summed E-state index contributed by atoms with van der Waals surface area (Å²) in [6.45, 7) is 5.31. The summed E-state index contributed by atoms with van der Waals surface area (Å²) in [5.41, 5.74) is -1.31. The fourth-order valence-corrected chi connectivity index (χ4v) is 1.83. The molecule has 0 unspecified atom stereocenters. The van der Waals surface area contributed by atoms with E-state index >= 15 is 0 Å². The molecule has 0 aromatic heterocycles. The van der Waals surface area contributed by atoms with E-state index in [2.05, 4.69) is 0 Å². The molecule has 0 bridgehead atoms. The predicted octanol–water partition coefficient (Wildman–Crippen LogP) is 0.501. The quantitative estimate of drug-likeness (QED) is 0.501. The maximum absolute atomic E-state index is 10.5. The summed E-state index contributed by atoms with van der Waals surface area (Å²) >= 11 is 0. The molecule has 5 atom stereocenters. The van der Waals surface area contributed by atoms with Crippen molar-refractivity contribution in [1.82, 2.24) is 0 Å². The number of aliphatic hydroxyl groups excluding tert-OH is 1. The van der Waals surface area contributed by atoms with Crippen LogP contribution in [0.25, 0.3) is 0 Å². The number of aliphatic hydroxyl groups is 2. The summed E-state index contributed by atoms with van der Waals surface area (Å²) in [5, 5.41) is 19.1. The molecule has 88 valence electrons. The zero-order valence-electron chi connectivity index (χ0n) is 9.51. The van der Waals surface area contributed by atoms with Crippen molar-refractivity contribution in [3.8, 4) is 0 Å². The molecule has 2 N–H and O–H groups in total. The molecule has 0 aromatic rings. The second kappa shape index (κ2) is 4.60. The molecule has 1 saturated heterocycles. The molecule has 1 aliphatic rings. The Morgan fingerprint density at radius 1 is 1.60 bits per heavy atom. The van der Waals surface area contributed by atoms with Crippen LogP contribution in [0, 0.1) is 5.92 Å². The van der Waals surface area contributed by atoms with Gasteiger partial charge in [0.05, 0.1) is 18.3 Å². The number of ether oxygens (including phenoxy) is 1. The number of carbonyl (C=O) groups is 1. The third-order valence-electron chi connectivity index (χ3n) is 3.03. The zero-order valence-corrected chi connectivity index (χ0v) is 9.51. The van der Waals surface area contributed by atoms with Gasteiger partial charge in [0.1, 0.15) is 5.60 Å². The molecule has 0 saturated carbocycles. The Kier molecular flexibility index (Phi) is 3.87. The number of carbonyl (C=O) groups excluding carboxylic acids is 1. The Labute approximate surface area is 90.2 Å². The van der Waals surface area contributed by atoms with Gasteiger partial charge in [-0.15, -0.1) is 0 Å². The van der Waals surface area contributed by atoms with Crippen LogP contribution in [0.4, 0.5) is 0 Å². The molecule has 0 spiro atoms. The molecule has 4 nitrogen and oxygen atoms in total. The molecular weight excluding hydrogens is 196 g/mol. The largest absolute Gasteiger partial charge is 0.393 e. The third-order valence-corrected chi connectivity index (χ3v) is 3.03. The van der Waals surface area contributed by atoms with Gasteiger partial charge in [0.2, 0.25) is 0 Å². The summed E-state index contributed by atoms with van der Waals surface area (Å²) in [4.78, 5) is 10.5. The monoisotopic (exact) mass is 216 g/mol. The lowest BCUT2D eigenvalue weighted by atomic mass is 9.92. The van der Waals surface area contributed by atoms with Crippen molar-refractivity contribution >= 4 is 6.29 Å². The van der Waals surface area contributed by atoms with Gasteiger partial charge in [-0.3, -0.25) is 0 Å². The van der Waals surface area contributed by atoms with E-state index in [-0.39, 0.29) is 24.2 Å². The zero-order chi connectivity index (χ0) is 11.6. The van der Waals surface area contributed by atoms with Gasteiger partial charge in [0.15, 0.2) is 6.29 Å². The Morgan fingerprint density at radius 2 is 2.20 bits per heavy atom. The molecular formula is C11H20O4. The van der Waals surface area contributed by atoms with E-state index in [0.29, 0.717) is 19.1 Å². The van der Waals surface area contributed by atoms with Gasteiger partial charge < -0.3 is 19.7 Å². The Hall–Kier alpha value is -0.450. The fourth-order valence-electron chi connectivity index (χ4n) is 1.83. The van der Waals surface area contributed by atoms with E-state index in [0.717, 1.165) is 0 Å². The minimum atomic E-state index is -1.31. The molecule has 1 rings (SSSR count). The summed E-state index contributed by atoms with van der Waals surface area (Å²) < 4.78 is 5.36. The van der Waals surface area contributed by atoms with Gasteiger partial charge in [-0.2, -0.15) is 0 Å². The van der Waals surface area contributed by atoms with Gasteiger partial charge in [0.25, 0.3) is 0 Å². The van der Waals surface area contributed by atoms with Crippen molar-refractivity contribution in [3.63, 3.8) is 0 Å². The first-order valence-corrected chi connectivity index (χ1v) is 5.43. The van der Waals surface area contributed by atoms with Crippen molar-refractivity contribution in [1.29, 1.82) is 0 Å². The Morgan fingerprint density at radius 3 is 2.67 bits per heavy atom. The van der Waals surface area contributed by atoms with Crippen LogP contribution in [0.15, 0.2) is 0 Å². The minimum absolute atomic E-state index is 0.0219. The lowest BCUT2D eigenvalue weighted by molar-refractivity contribution is -0.123. The highest BCUT2D eigenvalue weighted by molar-refractivity contribution is 5.61. The van der Waals surface area contributed by atoms with Crippen LogP contribution in [-0.4, -0.2) is 40.4 Å². The lowest BCUT2D eigenvalue weighted by Crippen LogP contribution is -2.30. The predicted molar refractivity (Wildman–Crippen MR) is 55.4 cm³/mol. The first-order valence-electron chi connectivity index (χ1n) is 5.43. The highest BCUT2D eigenvalue weighted by Crippen LogP contribution is 2.36. The van der Waals surface area contributed by atoms with Gasteiger partial charge in [-0.25, -0.2) is 0 Å². The first-order chi connectivity index (χ1) is 6.91. The summed E-state index contributed by atoms with van der Waals surface area (Å²) in [6.07, 6.45) is 1.04. The molecule has 0 aliphatic carbocycles. The molecule has 0 aromatic carbocycles. The van der Waals surface area contributed by atoms with Crippen molar-refractivity contribution in [2.24, 2.45) is 5.92 Å². The Balaban J connectivity index is 2.37. The van der Waals surface area contributed by atoms with Crippen molar-refractivity contribution in [2.45, 2.75) is 57.5 Å². The molecule has 15 heavy (non-hydrogen) atoms. The second-order valence-corrected chi connectivity index (χ2v) is 4.65. The average molecular weight is 216 g/mol. The molecule has 0 amide bonds. The maximum atomic E-state index is 10.5. The number of aldehydes is 1. The van der Waals surface area contributed by atoms with E-state index < -0.39 is 5.60 Å². The standard InChI is InChI=1S/C11H20O4/c1-4-8(13)7(2)10-9(15-10)5-11(3,14)6-12/h6-10,13-14H,4-5H2,1-3H3/t7-,8+,9-,10-,11-/m1/s1.